The van der Waals surface area contributed by atoms with Gasteiger partial charge in [0.25, 0.3) is 0 Å². The molecule has 3 rings (SSSR count). The molecule has 4 nitrogen and oxygen atoms in total. The lowest BCUT2D eigenvalue weighted by Gasteiger charge is -2.38. The third kappa shape index (κ3) is 3.64. The lowest BCUT2D eigenvalue weighted by Crippen LogP contribution is -2.34. The van der Waals surface area contributed by atoms with Gasteiger partial charge >= 0.3 is 6.01 Å². The Morgan fingerprint density at radius 3 is 2.78 bits per heavy atom. The molecule has 1 fully saturated rings. The molecular weight excluding hydrogens is 335 g/mol. The molecule has 23 heavy (non-hydrogen) atoms. The highest BCUT2D eigenvalue weighted by Gasteiger charge is 2.35. The number of hydrogen-bond acceptors (Lipinski definition) is 3. The van der Waals surface area contributed by atoms with Crippen molar-refractivity contribution in [2.45, 2.75) is 40.0 Å². The number of hydrogen-bond donors (Lipinski definition) is 1. The summed E-state index contributed by atoms with van der Waals surface area (Å²) in [6.45, 7) is 6.62. The van der Waals surface area contributed by atoms with Crippen molar-refractivity contribution in [1.82, 2.24) is 4.98 Å². The number of oxazole rings is 1. The van der Waals surface area contributed by atoms with E-state index in [-0.39, 0.29) is 23.3 Å². The van der Waals surface area contributed by atoms with Gasteiger partial charge in [0.15, 0.2) is 5.58 Å². The number of nitrogens with one attached hydrogen (secondary N) is 1. The Bertz CT molecular complexity index is 754. The Hall–Kier alpha value is -1.26. The van der Waals surface area contributed by atoms with Crippen LogP contribution in [0.5, 0.6) is 0 Å². The van der Waals surface area contributed by atoms with Crippen molar-refractivity contribution in [2.75, 3.05) is 5.32 Å². The van der Waals surface area contributed by atoms with Crippen molar-refractivity contribution < 1.29 is 9.21 Å². The zero-order chi connectivity index (χ0) is 16.8. The van der Waals surface area contributed by atoms with Crippen molar-refractivity contribution in [3.05, 3.63) is 22.2 Å². The molecule has 0 radical (unpaired) electrons. The van der Waals surface area contributed by atoms with Crippen LogP contribution in [0.1, 0.15) is 40.0 Å². The van der Waals surface area contributed by atoms with Crippen LogP contribution in [0.4, 0.5) is 6.01 Å². The highest BCUT2D eigenvalue weighted by Crippen LogP contribution is 2.42. The molecule has 0 saturated heterocycles. The lowest BCUT2D eigenvalue weighted by atomic mass is 9.68. The zero-order valence-electron chi connectivity index (χ0n) is 13.5. The topological polar surface area (TPSA) is 55.1 Å². The number of fused-ring (bicyclic) bond motifs is 1. The van der Waals surface area contributed by atoms with Gasteiger partial charge in [0.05, 0.1) is 5.02 Å². The van der Waals surface area contributed by atoms with Crippen LogP contribution >= 0.6 is 23.2 Å². The molecule has 1 aromatic carbocycles. The molecule has 2 atom stereocenters. The van der Waals surface area contributed by atoms with Gasteiger partial charge in [0, 0.05) is 10.9 Å². The molecule has 1 amide bonds. The lowest BCUT2D eigenvalue weighted by molar-refractivity contribution is -0.122. The Kier molecular flexibility index (Phi) is 4.32. The number of nitrogens with zero attached hydrogens (tertiary/aromatic N) is 1. The van der Waals surface area contributed by atoms with Crippen LogP contribution in [-0.2, 0) is 4.79 Å². The number of halogens is 2. The maximum atomic E-state index is 12.6. The van der Waals surface area contributed by atoms with Gasteiger partial charge in [-0.05, 0) is 42.7 Å². The van der Waals surface area contributed by atoms with Crippen LogP contribution in [0.3, 0.4) is 0 Å². The summed E-state index contributed by atoms with van der Waals surface area (Å²) in [5.41, 5.74) is 1.15. The predicted molar refractivity (Wildman–Crippen MR) is 92.9 cm³/mol. The van der Waals surface area contributed by atoms with Gasteiger partial charge in [0.2, 0.25) is 5.91 Å². The van der Waals surface area contributed by atoms with Crippen LogP contribution in [0.15, 0.2) is 16.5 Å². The predicted octanol–water partition coefficient (Wildman–Crippen LogP) is 5.54. The quantitative estimate of drug-likeness (QED) is 0.770. The Labute approximate surface area is 145 Å². The van der Waals surface area contributed by atoms with Gasteiger partial charge in [0.1, 0.15) is 5.52 Å². The molecule has 1 aromatic heterocycles. The molecule has 0 aliphatic heterocycles. The van der Waals surface area contributed by atoms with Gasteiger partial charge in [-0.1, -0.05) is 44.0 Å². The van der Waals surface area contributed by atoms with Gasteiger partial charge in [-0.3, -0.25) is 10.1 Å². The third-order valence-electron chi connectivity index (χ3n) is 4.40. The fraction of sp³-hybridized carbons (Fsp3) is 0.529. The summed E-state index contributed by atoms with van der Waals surface area (Å²) >= 11 is 12.0. The number of benzene rings is 1. The summed E-state index contributed by atoms with van der Waals surface area (Å²) in [7, 11) is 0. The SMILES string of the molecule is CC1CC(C(=O)Nc2nc3cc(Cl)cc(Cl)c3o2)CC(C)(C)C1. The highest BCUT2D eigenvalue weighted by molar-refractivity contribution is 6.38. The Morgan fingerprint density at radius 1 is 1.35 bits per heavy atom. The molecule has 2 aromatic rings. The average Bonchev–Trinajstić information content (AvgIpc) is 2.78. The highest BCUT2D eigenvalue weighted by atomic mass is 35.5. The molecule has 0 spiro atoms. The standard InChI is InChI=1S/C17H20Cl2N2O2/c1-9-4-10(8-17(2,3)7-9)15(22)21-16-20-13-6-11(18)5-12(19)14(13)23-16/h5-6,9-10H,4,7-8H2,1-3H3,(H,20,21,22). The molecule has 0 bridgehead atoms. The van der Waals surface area contributed by atoms with E-state index in [1.165, 1.54) is 0 Å². The smallest absolute Gasteiger partial charge is 0.302 e. The third-order valence-corrected chi connectivity index (χ3v) is 4.90. The largest absolute Gasteiger partial charge is 0.422 e. The molecule has 1 aliphatic rings. The number of amides is 1. The van der Waals surface area contributed by atoms with E-state index in [1.54, 1.807) is 12.1 Å². The van der Waals surface area contributed by atoms with Crippen molar-refractivity contribution in [2.24, 2.45) is 17.3 Å². The molecule has 1 heterocycles. The van der Waals surface area contributed by atoms with Crippen LogP contribution in [-0.4, -0.2) is 10.9 Å². The first-order valence-electron chi connectivity index (χ1n) is 7.80. The second-order valence-electron chi connectivity index (χ2n) is 7.35. The van der Waals surface area contributed by atoms with E-state index in [0.29, 0.717) is 27.1 Å². The Morgan fingerprint density at radius 2 is 2.09 bits per heavy atom. The molecule has 1 aliphatic carbocycles. The summed E-state index contributed by atoms with van der Waals surface area (Å²) < 4.78 is 5.56. The van der Waals surface area contributed by atoms with E-state index in [1.807, 2.05) is 0 Å². The summed E-state index contributed by atoms with van der Waals surface area (Å²) in [6.07, 6.45) is 2.91. The Balaban J connectivity index is 1.79. The van der Waals surface area contributed by atoms with Gasteiger partial charge in [-0.25, -0.2) is 0 Å². The monoisotopic (exact) mass is 354 g/mol. The molecule has 1 saturated carbocycles. The minimum absolute atomic E-state index is 0.0252. The number of rotatable bonds is 2. The summed E-state index contributed by atoms with van der Waals surface area (Å²) in [5, 5.41) is 3.65. The van der Waals surface area contributed by atoms with E-state index in [0.717, 1.165) is 19.3 Å². The summed E-state index contributed by atoms with van der Waals surface area (Å²) in [4.78, 5) is 16.8. The summed E-state index contributed by atoms with van der Waals surface area (Å²) in [6, 6.07) is 3.42. The first-order chi connectivity index (χ1) is 10.7. The fourth-order valence-electron chi connectivity index (χ4n) is 3.77. The maximum absolute atomic E-state index is 12.6. The first kappa shape index (κ1) is 16.6. The minimum Gasteiger partial charge on any atom is -0.422 e. The normalized spacial score (nSPS) is 23.9. The number of anilines is 1. The summed E-state index contributed by atoms with van der Waals surface area (Å²) in [5.74, 6) is 0.465. The first-order valence-corrected chi connectivity index (χ1v) is 8.55. The van der Waals surface area contributed by atoms with E-state index in [4.69, 9.17) is 27.6 Å². The van der Waals surface area contributed by atoms with Crippen molar-refractivity contribution in [3.63, 3.8) is 0 Å². The van der Waals surface area contributed by atoms with E-state index in [2.05, 4.69) is 31.1 Å². The van der Waals surface area contributed by atoms with Gasteiger partial charge in [-0.15, -0.1) is 0 Å². The number of carbonyl (C=O) groups excluding carboxylic acids is 1. The average molecular weight is 355 g/mol. The molecule has 2 unspecified atom stereocenters. The molecule has 6 heteroatoms. The van der Waals surface area contributed by atoms with E-state index < -0.39 is 0 Å². The number of aromatic nitrogens is 1. The fourth-order valence-corrected chi connectivity index (χ4v) is 4.29. The van der Waals surface area contributed by atoms with Gasteiger partial charge in [-0.2, -0.15) is 4.98 Å². The molecule has 124 valence electrons. The second kappa shape index (κ2) is 5.99. The number of carbonyl (C=O) groups is 1. The zero-order valence-corrected chi connectivity index (χ0v) is 15.0. The van der Waals surface area contributed by atoms with Crippen LogP contribution in [0.2, 0.25) is 10.0 Å². The van der Waals surface area contributed by atoms with Crippen molar-refractivity contribution in [3.8, 4) is 0 Å². The van der Waals surface area contributed by atoms with Crippen LogP contribution in [0, 0.1) is 17.3 Å². The van der Waals surface area contributed by atoms with E-state index >= 15 is 0 Å². The second-order valence-corrected chi connectivity index (χ2v) is 8.20. The maximum Gasteiger partial charge on any atom is 0.302 e. The molecular formula is C17H20Cl2N2O2. The molecule has 1 N–H and O–H groups in total. The van der Waals surface area contributed by atoms with Crippen LogP contribution in [0.25, 0.3) is 11.1 Å². The van der Waals surface area contributed by atoms with E-state index in [9.17, 15) is 4.79 Å². The van der Waals surface area contributed by atoms with Crippen molar-refractivity contribution in [1.29, 1.82) is 0 Å². The van der Waals surface area contributed by atoms with Gasteiger partial charge < -0.3 is 4.42 Å². The minimum atomic E-state index is -0.0431. The van der Waals surface area contributed by atoms with Crippen molar-refractivity contribution >= 4 is 46.2 Å². The van der Waals surface area contributed by atoms with Crippen LogP contribution < -0.4 is 5.32 Å².